The lowest BCUT2D eigenvalue weighted by molar-refractivity contribution is -0.145. The molecule has 0 spiro atoms. The first kappa shape index (κ1) is 28.0. The fourth-order valence-electron chi connectivity index (χ4n) is 2.28. The Morgan fingerprint density at radius 2 is 1.40 bits per heavy atom. The molecule has 2 atom stereocenters. The van der Waals surface area contributed by atoms with Gasteiger partial charge in [0.1, 0.15) is 17.7 Å². The van der Waals surface area contributed by atoms with Crippen molar-refractivity contribution in [1.82, 2.24) is 10.6 Å². The van der Waals surface area contributed by atoms with E-state index in [4.69, 9.17) is 14.2 Å². The van der Waals surface area contributed by atoms with Gasteiger partial charge in [0.05, 0.1) is 14.2 Å². The summed E-state index contributed by atoms with van der Waals surface area (Å²) in [6, 6.07) is -1.69. The van der Waals surface area contributed by atoms with Crippen molar-refractivity contribution < 1.29 is 33.4 Å². The predicted molar refractivity (Wildman–Crippen MR) is 115 cm³/mol. The maximum atomic E-state index is 12.1. The molecule has 0 saturated heterocycles. The van der Waals surface area contributed by atoms with Crippen molar-refractivity contribution >= 4 is 35.7 Å². The van der Waals surface area contributed by atoms with E-state index >= 15 is 0 Å². The summed E-state index contributed by atoms with van der Waals surface area (Å²) in [5, 5.41) is 5.18. The van der Waals surface area contributed by atoms with E-state index in [0.717, 1.165) is 0 Å². The third-order valence-corrected chi connectivity index (χ3v) is 4.62. The number of hydrogen-bond acceptors (Lipinski definition) is 8. The topological polar surface area (TPSA) is 120 Å². The lowest BCUT2D eigenvalue weighted by Crippen LogP contribution is -2.45. The molecule has 0 aromatic rings. The number of nitrogens with one attached hydrogen (secondary N) is 2. The van der Waals surface area contributed by atoms with Gasteiger partial charge in [-0.2, -0.15) is 11.8 Å². The predicted octanol–water partition coefficient (Wildman–Crippen LogP) is 2.27. The van der Waals surface area contributed by atoms with Gasteiger partial charge in [0.15, 0.2) is 0 Å². The molecule has 10 heteroatoms. The zero-order valence-corrected chi connectivity index (χ0v) is 20.1. The van der Waals surface area contributed by atoms with E-state index in [1.807, 2.05) is 20.8 Å². The average Bonchev–Trinajstić information content (AvgIpc) is 2.58. The molecule has 9 nitrogen and oxygen atoms in total. The zero-order chi connectivity index (χ0) is 23.5. The minimum Gasteiger partial charge on any atom is -0.467 e. The molecule has 0 rings (SSSR count). The van der Waals surface area contributed by atoms with Gasteiger partial charge in [-0.25, -0.2) is 14.4 Å². The molecular formula is C20H36N2O7S. The van der Waals surface area contributed by atoms with Gasteiger partial charge in [0.25, 0.3) is 0 Å². The first-order valence-electron chi connectivity index (χ1n) is 9.71. The van der Waals surface area contributed by atoms with Gasteiger partial charge in [-0.1, -0.05) is 20.8 Å². The largest absolute Gasteiger partial charge is 0.467 e. The Balaban J connectivity index is 4.74. The van der Waals surface area contributed by atoms with E-state index in [-0.39, 0.29) is 23.5 Å². The quantitative estimate of drug-likeness (QED) is 0.297. The van der Waals surface area contributed by atoms with Crippen molar-refractivity contribution in [2.75, 3.05) is 25.7 Å². The molecule has 0 radical (unpaired) electrons. The van der Waals surface area contributed by atoms with E-state index in [1.54, 1.807) is 20.8 Å². The number of esters is 2. The minimum absolute atomic E-state index is 0.208. The summed E-state index contributed by atoms with van der Waals surface area (Å²) in [7, 11) is 2.49. The lowest BCUT2D eigenvalue weighted by atomic mass is 9.92. The molecule has 0 aromatic carbocycles. The van der Waals surface area contributed by atoms with Crippen LogP contribution in [-0.2, 0) is 28.6 Å². The summed E-state index contributed by atoms with van der Waals surface area (Å²) in [5.41, 5.74) is -0.905. The Morgan fingerprint density at radius 1 is 0.867 bits per heavy atom. The van der Waals surface area contributed by atoms with E-state index in [9.17, 15) is 19.2 Å². The molecule has 2 unspecified atom stereocenters. The number of hydrogen-bond donors (Lipinski definition) is 2. The van der Waals surface area contributed by atoms with Crippen LogP contribution in [0, 0.1) is 5.41 Å². The average molecular weight is 449 g/mol. The second kappa shape index (κ2) is 12.7. The third-order valence-electron chi connectivity index (χ3n) is 3.52. The monoisotopic (exact) mass is 448 g/mol. The fraction of sp³-hybridized carbons (Fsp3) is 0.800. The first-order valence-corrected chi connectivity index (χ1v) is 10.9. The maximum absolute atomic E-state index is 12.1. The Labute approximate surface area is 183 Å². The highest BCUT2D eigenvalue weighted by Crippen LogP contribution is 2.18. The first-order chi connectivity index (χ1) is 13.7. The molecular weight excluding hydrogens is 412 g/mol. The molecule has 0 aromatic heterocycles. The third kappa shape index (κ3) is 13.3. The number of rotatable bonds is 10. The van der Waals surface area contributed by atoms with E-state index in [2.05, 4.69) is 10.6 Å². The van der Waals surface area contributed by atoms with Crippen LogP contribution in [0.15, 0.2) is 0 Å². The van der Waals surface area contributed by atoms with Crippen LogP contribution in [-0.4, -0.2) is 67.3 Å². The molecule has 30 heavy (non-hydrogen) atoms. The molecule has 174 valence electrons. The second-order valence-electron chi connectivity index (χ2n) is 8.97. The summed E-state index contributed by atoms with van der Waals surface area (Å²) >= 11 is 1.33. The van der Waals surface area contributed by atoms with Crippen LogP contribution in [0.25, 0.3) is 0 Å². The number of ether oxygens (including phenoxy) is 3. The number of thioether (sulfide) groups is 1. The Morgan fingerprint density at radius 3 is 1.87 bits per heavy atom. The van der Waals surface area contributed by atoms with Crippen LogP contribution >= 0.6 is 11.8 Å². The summed E-state index contributed by atoms with van der Waals surface area (Å²) < 4.78 is 14.6. The highest BCUT2D eigenvalue weighted by atomic mass is 32.2. The molecule has 0 aliphatic rings. The number of alkyl carbamates (subject to hydrolysis) is 1. The van der Waals surface area contributed by atoms with Crippen molar-refractivity contribution in [3.63, 3.8) is 0 Å². The number of carbonyl (C=O) groups is 4. The van der Waals surface area contributed by atoms with Crippen molar-refractivity contribution in [3.8, 4) is 0 Å². The smallest absolute Gasteiger partial charge is 0.408 e. The van der Waals surface area contributed by atoms with Gasteiger partial charge in [-0.05, 0) is 38.4 Å². The number of amides is 2. The fourth-order valence-corrected chi connectivity index (χ4v) is 3.31. The van der Waals surface area contributed by atoms with E-state index in [0.29, 0.717) is 12.2 Å². The number of methoxy groups -OCH3 is 2. The van der Waals surface area contributed by atoms with Gasteiger partial charge in [0.2, 0.25) is 5.91 Å². The maximum Gasteiger partial charge on any atom is 0.408 e. The molecule has 0 bridgehead atoms. The molecule has 2 amide bonds. The van der Waals surface area contributed by atoms with Gasteiger partial charge in [-0.3, -0.25) is 4.79 Å². The van der Waals surface area contributed by atoms with Crippen molar-refractivity contribution in [1.29, 1.82) is 0 Å². The van der Waals surface area contributed by atoms with Crippen LogP contribution in [0.5, 0.6) is 0 Å². The van der Waals surface area contributed by atoms with Gasteiger partial charge >= 0.3 is 18.0 Å². The van der Waals surface area contributed by atoms with Gasteiger partial charge in [-0.15, -0.1) is 0 Å². The Hall–Kier alpha value is -1.97. The van der Waals surface area contributed by atoms with Crippen LogP contribution in [0.2, 0.25) is 0 Å². The molecule has 0 saturated carbocycles. The van der Waals surface area contributed by atoms with Crippen LogP contribution in [0.4, 0.5) is 4.79 Å². The van der Waals surface area contributed by atoms with Crippen molar-refractivity contribution in [2.45, 2.75) is 72.1 Å². The summed E-state index contributed by atoms with van der Waals surface area (Å²) in [4.78, 5) is 48.0. The molecule has 2 N–H and O–H groups in total. The van der Waals surface area contributed by atoms with Crippen LogP contribution < -0.4 is 10.6 Å². The highest BCUT2D eigenvalue weighted by Gasteiger charge is 2.27. The van der Waals surface area contributed by atoms with Crippen LogP contribution in [0.1, 0.15) is 54.4 Å². The van der Waals surface area contributed by atoms with Crippen molar-refractivity contribution in [3.05, 3.63) is 0 Å². The van der Waals surface area contributed by atoms with E-state index in [1.165, 1.54) is 26.0 Å². The Bertz CT molecular complexity index is 545. The second-order valence-corrected chi connectivity index (χ2v) is 10.1. The zero-order valence-electron chi connectivity index (χ0n) is 19.2. The van der Waals surface area contributed by atoms with E-state index < -0.39 is 35.7 Å². The standard InChI is InChI=1S/C20H36N2O7S/c1-19(2,3)11-15(23)21-13(16(24)27-7)9-10-30-12-14(17(25)28-8)22-18(26)29-20(4,5)6/h13-14H,9-12H2,1-8H3,(H,21,23)(H,22,26). The normalized spacial score (nSPS) is 13.6. The van der Waals surface area contributed by atoms with Crippen LogP contribution in [0.3, 0.4) is 0 Å². The molecule has 0 heterocycles. The Kier molecular flexibility index (Phi) is 11.8. The van der Waals surface area contributed by atoms with Crippen molar-refractivity contribution in [2.24, 2.45) is 5.41 Å². The lowest BCUT2D eigenvalue weighted by Gasteiger charge is -2.23. The summed E-state index contributed by atoms with van der Waals surface area (Å²) in [5.74, 6) is -0.707. The number of carbonyl (C=O) groups excluding carboxylic acids is 4. The molecule has 0 aliphatic carbocycles. The highest BCUT2D eigenvalue weighted by molar-refractivity contribution is 7.99. The molecule has 0 fully saturated rings. The van der Waals surface area contributed by atoms with Gasteiger partial charge in [0, 0.05) is 12.2 Å². The molecule has 0 aliphatic heterocycles. The summed E-state index contributed by atoms with van der Waals surface area (Å²) in [6.45, 7) is 10.9. The SMILES string of the molecule is COC(=O)C(CCSCC(NC(=O)OC(C)(C)C)C(=O)OC)NC(=O)CC(C)(C)C. The summed E-state index contributed by atoms with van der Waals surface area (Å²) in [6.07, 6.45) is -0.133. The van der Waals surface area contributed by atoms with Gasteiger partial charge < -0.3 is 24.8 Å². The minimum atomic E-state index is -0.901.